The molecule has 0 spiro atoms. The van der Waals surface area contributed by atoms with Crippen LogP contribution in [0.15, 0.2) is 66.0 Å². The Bertz CT molecular complexity index is 1120. The molecule has 178 valence electrons. The summed E-state index contributed by atoms with van der Waals surface area (Å²) in [7, 11) is 0. The Morgan fingerprint density at radius 3 is 2.53 bits per heavy atom. The zero-order valence-corrected chi connectivity index (χ0v) is 19.4. The molecular weight excluding hydrogens is 455 g/mol. The molecule has 34 heavy (non-hydrogen) atoms. The van der Waals surface area contributed by atoms with Crippen molar-refractivity contribution in [2.24, 2.45) is 0 Å². The summed E-state index contributed by atoms with van der Waals surface area (Å²) in [6.07, 6.45) is -1.60. The van der Waals surface area contributed by atoms with E-state index in [9.17, 15) is 24.2 Å². The highest BCUT2D eigenvalue weighted by molar-refractivity contribution is 7.10. The van der Waals surface area contributed by atoms with E-state index < -0.39 is 24.0 Å². The second-order valence-electron chi connectivity index (χ2n) is 8.43. The van der Waals surface area contributed by atoms with Crippen molar-refractivity contribution in [3.8, 4) is 0 Å². The van der Waals surface area contributed by atoms with Crippen molar-refractivity contribution < 1.29 is 24.2 Å². The Kier molecular flexibility index (Phi) is 7.72. The minimum Gasteiger partial charge on any atom is -0.380 e. The van der Waals surface area contributed by atoms with Gasteiger partial charge in [0.2, 0.25) is 0 Å². The lowest BCUT2D eigenvalue weighted by Crippen LogP contribution is -2.50. The average molecular weight is 483 g/mol. The predicted molar refractivity (Wildman–Crippen MR) is 128 cm³/mol. The van der Waals surface area contributed by atoms with Crippen LogP contribution in [0.3, 0.4) is 0 Å². The number of halogens is 1. The van der Waals surface area contributed by atoms with Crippen molar-refractivity contribution in [3.05, 3.63) is 93.4 Å². The summed E-state index contributed by atoms with van der Waals surface area (Å²) >= 11 is 1.50. The smallest absolute Gasteiger partial charge is 0.255 e. The number of benzene rings is 2. The molecule has 2 amide bonds. The van der Waals surface area contributed by atoms with Crippen LogP contribution < -0.4 is 5.32 Å². The zero-order chi connectivity index (χ0) is 24.1. The van der Waals surface area contributed by atoms with E-state index in [0.29, 0.717) is 19.4 Å². The summed E-state index contributed by atoms with van der Waals surface area (Å²) in [4.78, 5) is 27.6. The first-order valence-electron chi connectivity index (χ1n) is 11.2. The van der Waals surface area contributed by atoms with E-state index in [1.807, 2.05) is 29.6 Å². The number of hydrogen-bond donors (Lipinski definition) is 3. The van der Waals surface area contributed by atoms with Crippen LogP contribution in [0.4, 0.5) is 4.39 Å². The second kappa shape index (κ2) is 10.9. The van der Waals surface area contributed by atoms with Gasteiger partial charge in [-0.1, -0.05) is 42.5 Å². The molecule has 0 saturated carbocycles. The van der Waals surface area contributed by atoms with Crippen molar-refractivity contribution in [1.82, 2.24) is 10.2 Å². The number of amides is 2. The number of nitrogens with zero attached hydrogens (tertiary/aromatic N) is 1. The van der Waals surface area contributed by atoms with Crippen LogP contribution in [0.1, 0.15) is 40.5 Å². The van der Waals surface area contributed by atoms with E-state index >= 15 is 0 Å². The van der Waals surface area contributed by atoms with Gasteiger partial charge in [-0.15, -0.1) is 11.3 Å². The highest BCUT2D eigenvalue weighted by atomic mass is 32.1. The monoisotopic (exact) mass is 482 g/mol. The highest BCUT2D eigenvalue weighted by Gasteiger charge is 2.38. The summed E-state index contributed by atoms with van der Waals surface area (Å²) in [6.45, 7) is 0.587. The van der Waals surface area contributed by atoms with Crippen LogP contribution in [-0.4, -0.2) is 45.7 Å². The van der Waals surface area contributed by atoms with Gasteiger partial charge in [-0.05, 0) is 59.5 Å². The van der Waals surface area contributed by atoms with Crippen molar-refractivity contribution in [2.45, 2.75) is 44.1 Å². The van der Waals surface area contributed by atoms with Crippen molar-refractivity contribution in [3.63, 3.8) is 0 Å². The van der Waals surface area contributed by atoms with E-state index in [1.165, 1.54) is 33.9 Å². The molecule has 1 unspecified atom stereocenters. The van der Waals surface area contributed by atoms with Crippen molar-refractivity contribution >= 4 is 23.2 Å². The quantitative estimate of drug-likeness (QED) is 0.460. The third-order valence-corrected chi connectivity index (χ3v) is 6.99. The number of rotatable bonds is 8. The highest BCUT2D eigenvalue weighted by Crippen LogP contribution is 2.32. The topological polar surface area (TPSA) is 89.9 Å². The maximum Gasteiger partial charge on any atom is 0.255 e. The molecule has 0 radical (unpaired) electrons. The molecular formula is C26H27FN2O4S. The normalized spacial score (nSPS) is 17.4. The third-order valence-electron chi connectivity index (χ3n) is 6.01. The molecule has 2 aromatic carbocycles. The van der Waals surface area contributed by atoms with Gasteiger partial charge in [-0.3, -0.25) is 9.59 Å². The Balaban J connectivity index is 1.31. The zero-order valence-electron chi connectivity index (χ0n) is 18.6. The van der Waals surface area contributed by atoms with Gasteiger partial charge in [0.25, 0.3) is 11.8 Å². The van der Waals surface area contributed by atoms with Crippen LogP contribution in [0.2, 0.25) is 0 Å². The molecule has 6 nitrogen and oxygen atoms in total. The first-order chi connectivity index (χ1) is 16.4. The Morgan fingerprint density at radius 1 is 1.06 bits per heavy atom. The number of thiophene rings is 1. The minimum atomic E-state index is -1.88. The maximum absolute atomic E-state index is 13.2. The molecule has 3 atom stereocenters. The lowest BCUT2D eigenvalue weighted by Gasteiger charge is -2.28. The molecule has 3 N–H and O–H groups in total. The van der Waals surface area contributed by atoms with Gasteiger partial charge < -0.3 is 20.4 Å². The van der Waals surface area contributed by atoms with Gasteiger partial charge >= 0.3 is 0 Å². The van der Waals surface area contributed by atoms with Gasteiger partial charge in [0.1, 0.15) is 5.82 Å². The molecule has 0 aliphatic carbocycles. The third kappa shape index (κ3) is 5.70. The Hall–Kier alpha value is -3.07. The molecule has 1 saturated heterocycles. The number of carbonyl (C=O) groups is 2. The van der Waals surface area contributed by atoms with Gasteiger partial charge in [-0.25, -0.2) is 4.39 Å². The standard InChI is InChI=1S/C26H27FN2O4S/c27-20-10-8-19(9-11-20)22-7-4-12-29(22)26(33)24(31)23(30)25(32)28-15-21-14-18(16-34-21)13-17-5-2-1-3-6-17/h1-3,5-6,8-11,14,16,22-24,30-31H,4,7,12-13,15H2,(H,28,32)/t22?,23-,24-/m1/s1. The molecule has 1 aromatic heterocycles. The lowest BCUT2D eigenvalue weighted by molar-refractivity contribution is -0.153. The number of carbonyl (C=O) groups excluding carboxylic acids is 2. The van der Waals surface area contributed by atoms with E-state index in [-0.39, 0.29) is 18.4 Å². The molecule has 4 rings (SSSR count). The molecule has 1 aliphatic heterocycles. The molecule has 3 aromatic rings. The van der Waals surface area contributed by atoms with Gasteiger partial charge in [0, 0.05) is 11.4 Å². The fourth-order valence-electron chi connectivity index (χ4n) is 4.23. The number of aliphatic hydroxyl groups is 2. The van der Waals surface area contributed by atoms with Crippen LogP contribution in [0.25, 0.3) is 0 Å². The Morgan fingerprint density at radius 2 is 1.79 bits per heavy atom. The fourth-order valence-corrected chi connectivity index (χ4v) is 5.06. The summed E-state index contributed by atoms with van der Waals surface area (Å²) in [6, 6.07) is 17.6. The van der Waals surface area contributed by atoms with Crippen molar-refractivity contribution in [2.75, 3.05) is 6.54 Å². The largest absolute Gasteiger partial charge is 0.380 e. The summed E-state index contributed by atoms with van der Waals surface area (Å²) in [5.41, 5.74) is 3.06. The fraction of sp³-hybridized carbons (Fsp3) is 0.308. The van der Waals surface area contributed by atoms with Crippen LogP contribution in [0, 0.1) is 5.82 Å². The van der Waals surface area contributed by atoms with Gasteiger partial charge in [-0.2, -0.15) is 0 Å². The van der Waals surface area contributed by atoms with Crippen LogP contribution >= 0.6 is 11.3 Å². The number of aliphatic hydroxyl groups excluding tert-OH is 2. The molecule has 8 heteroatoms. The average Bonchev–Trinajstić information content (AvgIpc) is 3.52. The summed E-state index contributed by atoms with van der Waals surface area (Å²) in [5, 5.41) is 25.4. The lowest BCUT2D eigenvalue weighted by atomic mass is 10.0. The minimum absolute atomic E-state index is 0.193. The van der Waals surface area contributed by atoms with E-state index in [2.05, 4.69) is 17.4 Å². The van der Waals surface area contributed by atoms with E-state index in [1.54, 1.807) is 12.1 Å². The number of hydrogen-bond acceptors (Lipinski definition) is 5. The first kappa shape index (κ1) is 24.1. The SMILES string of the molecule is O=C(NCc1cc(Cc2ccccc2)cs1)[C@H](O)[C@@H](O)C(=O)N1CCCC1c1ccc(F)cc1. The van der Waals surface area contributed by atoms with Gasteiger partial charge in [0.05, 0.1) is 12.6 Å². The number of likely N-dealkylation sites (tertiary alicyclic amines) is 1. The van der Waals surface area contributed by atoms with Crippen LogP contribution in [-0.2, 0) is 22.6 Å². The van der Waals surface area contributed by atoms with Crippen molar-refractivity contribution in [1.29, 1.82) is 0 Å². The molecule has 2 heterocycles. The predicted octanol–water partition coefficient (Wildman–Crippen LogP) is 3.18. The maximum atomic E-state index is 13.2. The molecule has 0 bridgehead atoms. The second-order valence-corrected chi connectivity index (χ2v) is 9.43. The molecule has 1 aliphatic rings. The van der Waals surface area contributed by atoms with Crippen LogP contribution in [0.5, 0.6) is 0 Å². The Labute approximate surface area is 201 Å². The van der Waals surface area contributed by atoms with E-state index in [4.69, 9.17) is 0 Å². The first-order valence-corrected chi connectivity index (χ1v) is 12.1. The summed E-state index contributed by atoms with van der Waals surface area (Å²) < 4.78 is 13.2. The number of nitrogens with one attached hydrogen (secondary N) is 1. The molecule has 1 fully saturated rings. The summed E-state index contributed by atoms with van der Waals surface area (Å²) in [5.74, 6) is -1.89. The van der Waals surface area contributed by atoms with E-state index in [0.717, 1.165) is 22.4 Å². The van der Waals surface area contributed by atoms with Gasteiger partial charge in [0.15, 0.2) is 12.2 Å².